The molecule has 0 saturated carbocycles. The van der Waals surface area contributed by atoms with Gasteiger partial charge in [0.25, 0.3) is 5.91 Å². The van der Waals surface area contributed by atoms with Gasteiger partial charge in [0.2, 0.25) is 5.78 Å². The molecule has 1 aromatic carbocycles. The number of allylic oxidation sites excluding steroid dienone is 1. The minimum absolute atomic E-state index is 0.0170. The molecule has 4 rings (SSSR count). The third kappa shape index (κ3) is 3.56. The number of aliphatic hydroxyl groups is 3. The van der Waals surface area contributed by atoms with Gasteiger partial charge in [-0.05, 0) is 59.9 Å². The van der Waals surface area contributed by atoms with Crippen molar-refractivity contribution in [3.8, 4) is 11.5 Å². The second kappa shape index (κ2) is 8.86. The fraction of sp³-hybridized carbons (Fsp3) is 0.500. The molecule has 0 heterocycles. The number of likely N-dealkylation sites (N-methyl/N-ethyl adjacent to an activating group) is 1. The van der Waals surface area contributed by atoms with Gasteiger partial charge in [-0.3, -0.25) is 19.3 Å². The number of nitrogens with zero attached hydrogens (tertiary/aromatic N) is 2. The minimum Gasteiger partial charge on any atom is -0.510 e. The number of hydrogen-bond acceptors (Lipinski definition) is 10. The zero-order valence-corrected chi connectivity index (χ0v) is 21.7. The highest BCUT2D eigenvalue weighted by Gasteiger charge is 2.63. The third-order valence-corrected chi connectivity index (χ3v) is 8.13. The van der Waals surface area contributed by atoms with E-state index < -0.39 is 58.0 Å². The molecule has 0 saturated heterocycles. The molecule has 0 radical (unpaired) electrons. The van der Waals surface area contributed by atoms with Crippen molar-refractivity contribution < 1.29 is 39.5 Å². The fourth-order valence-corrected chi connectivity index (χ4v) is 6.15. The first-order valence-electron chi connectivity index (χ1n) is 11.9. The summed E-state index contributed by atoms with van der Waals surface area (Å²) in [5.41, 5.74) is 2.71. The molecule has 0 aliphatic heterocycles. The number of carbonyl (C=O) groups is 3. The van der Waals surface area contributed by atoms with Crippen LogP contribution < -0.4 is 10.5 Å². The van der Waals surface area contributed by atoms with E-state index in [1.54, 1.807) is 14.1 Å². The molecular weight excluding hydrogens is 482 g/mol. The van der Waals surface area contributed by atoms with Gasteiger partial charge in [0.15, 0.2) is 11.4 Å². The van der Waals surface area contributed by atoms with E-state index in [0.29, 0.717) is 16.9 Å². The van der Waals surface area contributed by atoms with Crippen LogP contribution in [-0.4, -0.2) is 94.6 Å². The van der Waals surface area contributed by atoms with Gasteiger partial charge in [-0.25, -0.2) is 0 Å². The molecular formula is C26H33N3O8. The third-order valence-electron chi connectivity index (χ3n) is 8.13. The van der Waals surface area contributed by atoms with Crippen molar-refractivity contribution in [3.63, 3.8) is 0 Å². The number of phenols is 1. The SMILES string of the molecule is COc1c([C@H](C)N(C)C)cc(O)c2c1C[C@H]1C[C@H]3[C@H](N(C)C)C(O)=C(C(N)=O)C(=O)[C@@]3(O)C(O)=C1C2=O. The number of benzene rings is 1. The van der Waals surface area contributed by atoms with E-state index in [0.717, 1.165) is 0 Å². The van der Waals surface area contributed by atoms with Crippen LogP contribution in [0.3, 0.4) is 0 Å². The normalized spacial score (nSPS) is 28.3. The van der Waals surface area contributed by atoms with Gasteiger partial charge in [0, 0.05) is 28.7 Å². The second-order valence-electron chi connectivity index (χ2n) is 10.5. The lowest BCUT2D eigenvalue weighted by Crippen LogP contribution is -2.63. The number of nitrogens with two attached hydrogens (primary N) is 1. The highest BCUT2D eigenvalue weighted by molar-refractivity contribution is 6.24. The lowest BCUT2D eigenvalue weighted by atomic mass is 9.58. The number of amides is 1. The monoisotopic (exact) mass is 515 g/mol. The maximum atomic E-state index is 13.8. The molecule has 0 spiro atoms. The molecule has 0 aromatic heterocycles. The summed E-state index contributed by atoms with van der Waals surface area (Å²) in [6, 6.07) is 0.241. The van der Waals surface area contributed by atoms with Gasteiger partial charge in [-0.2, -0.15) is 0 Å². The Labute approximate surface area is 214 Å². The summed E-state index contributed by atoms with van der Waals surface area (Å²) in [5, 5.41) is 44.7. The van der Waals surface area contributed by atoms with Crippen molar-refractivity contribution in [2.45, 2.75) is 37.5 Å². The van der Waals surface area contributed by atoms with Crippen LogP contribution in [0, 0.1) is 11.8 Å². The van der Waals surface area contributed by atoms with Crippen LogP contribution in [-0.2, 0) is 16.0 Å². The maximum Gasteiger partial charge on any atom is 0.255 e. The van der Waals surface area contributed by atoms with Gasteiger partial charge >= 0.3 is 0 Å². The number of hydrogen-bond donors (Lipinski definition) is 5. The number of rotatable bonds is 5. The number of fused-ring (bicyclic) bond motifs is 3. The summed E-state index contributed by atoms with van der Waals surface area (Å²) in [6.07, 6.45) is 0.183. The van der Waals surface area contributed by atoms with E-state index in [1.165, 1.54) is 18.1 Å². The van der Waals surface area contributed by atoms with Crippen molar-refractivity contribution in [3.05, 3.63) is 45.4 Å². The van der Waals surface area contributed by atoms with Crippen molar-refractivity contribution in [1.82, 2.24) is 9.80 Å². The van der Waals surface area contributed by atoms with Crippen molar-refractivity contribution in [2.75, 3.05) is 35.3 Å². The summed E-state index contributed by atoms with van der Waals surface area (Å²) >= 11 is 0. The van der Waals surface area contributed by atoms with E-state index in [2.05, 4.69) is 0 Å². The Balaban J connectivity index is 1.97. The van der Waals surface area contributed by atoms with Gasteiger partial charge in [-0.15, -0.1) is 0 Å². The van der Waals surface area contributed by atoms with E-state index in [-0.39, 0.29) is 35.8 Å². The molecule has 200 valence electrons. The number of methoxy groups -OCH3 is 1. The van der Waals surface area contributed by atoms with E-state index in [9.17, 15) is 34.8 Å². The molecule has 3 aliphatic carbocycles. The minimum atomic E-state index is -2.66. The Morgan fingerprint density at radius 2 is 1.81 bits per heavy atom. The first-order valence-corrected chi connectivity index (χ1v) is 11.9. The van der Waals surface area contributed by atoms with Crippen LogP contribution in [0.25, 0.3) is 0 Å². The molecule has 0 bridgehead atoms. The molecule has 37 heavy (non-hydrogen) atoms. The van der Waals surface area contributed by atoms with Crippen LogP contribution >= 0.6 is 0 Å². The van der Waals surface area contributed by atoms with Crippen molar-refractivity contribution in [1.29, 1.82) is 0 Å². The lowest BCUT2D eigenvalue weighted by molar-refractivity contribution is -0.148. The molecule has 11 heteroatoms. The van der Waals surface area contributed by atoms with Crippen molar-refractivity contribution >= 4 is 17.5 Å². The van der Waals surface area contributed by atoms with E-state index >= 15 is 0 Å². The quantitative estimate of drug-likeness (QED) is 0.352. The van der Waals surface area contributed by atoms with Gasteiger partial charge < -0.3 is 35.8 Å². The summed E-state index contributed by atoms with van der Waals surface area (Å²) < 4.78 is 5.71. The highest BCUT2D eigenvalue weighted by Crippen LogP contribution is 2.53. The zero-order chi connectivity index (χ0) is 27.7. The predicted octanol–water partition coefficient (Wildman–Crippen LogP) is 0.752. The number of aliphatic hydroxyl groups excluding tert-OH is 2. The first kappa shape index (κ1) is 26.6. The Morgan fingerprint density at radius 3 is 2.32 bits per heavy atom. The van der Waals surface area contributed by atoms with Crippen LogP contribution in [0.4, 0.5) is 0 Å². The Bertz CT molecular complexity index is 1280. The van der Waals surface area contributed by atoms with Crippen LogP contribution in [0.2, 0.25) is 0 Å². The zero-order valence-electron chi connectivity index (χ0n) is 21.7. The van der Waals surface area contributed by atoms with Crippen LogP contribution in [0.1, 0.15) is 40.9 Å². The molecule has 5 atom stereocenters. The molecule has 6 N–H and O–H groups in total. The average Bonchev–Trinajstić information content (AvgIpc) is 2.80. The van der Waals surface area contributed by atoms with Crippen LogP contribution in [0.5, 0.6) is 11.5 Å². The lowest BCUT2D eigenvalue weighted by Gasteiger charge is -2.50. The molecule has 0 unspecified atom stereocenters. The summed E-state index contributed by atoms with van der Waals surface area (Å²) in [6.45, 7) is 1.92. The topological polar surface area (TPSA) is 174 Å². The number of phenolic OH excluding ortho intramolecular Hbond substituents is 1. The standard InChI is InChI=1S/C26H33N3O8/c1-10(28(2)3)12-9-15(30)17-13(22(12)37-6)7-11-8-14-19(29(4)5)21(32)18(25(27)35)24(34)26(14,36)23(33)16(11)20(17)31/h9-11,14,19,30,32-33,36H,7-8H2,1-6H3,(H2,27,35)/t10-,11-,14-,19-,26-/m0/s1. The predicted molar refractivity (Wildman–Crippen MR) is 132 cm³/mol. The number of ether oxygens (including phenoxy) is 1. The molecule has 1 amide bonds. The maximum absolute atomic E-state index is 13.8. The summed E-state index contributed by atoms with van der Waals surface area (Å²) in [5.74, 6) is -6.38. The van der Waals surface area contributed by atoms with Gasteiger partial charge in [-0.1, -0.05) is 0 Å². The molecule has 11 nitrogen and oxygen atoms in total. The van der Waals surface area contributed by atoms with E-state index in [1.807, 2.05) is 25.9 Å². The fourth-order valence-electron chi connectivity index (χ4n) is 6.15. The highest BCUT2D eigenvalue weighted by atomic mass is 16.5. The number of primary amides is 1. The molecule has 3 aliphatic rings. The van der Waals surface area contributed by atoms with Crippen molar-refractivity contribution in [2.24, 2.45) is 17.6 Å². The second-order valence-corrected chi connectivity index (χ2v) is 10.5. The Hall–Kier alpha value is -3.41. The van der Waals surface area contributed by atoms with Crippen LogP contribution in [0.15, 0.2) is 28.7 Å². The first-order chi connectivity index (χ1) is 17.2. The smallest absolute Gasteiger partial charge is 0.255 e. The largest absolute Gasteiger partial charge is 0.510 e. The number of carbonyl (C=O) groups excluding carboxylic acids is 3. The Kier molecular flexibility index (Phi) is 6.38. The Morgan fingerprint density at radius 1 is 1.19 bits per heavy atom. The number of aromatic hydroxyl groups is 1. The number of ketones is 2. The number of Topliss-reactive ketones (excluding diaryl/α,β-unsaturated/α-hetero) is 2. The van der Waals surface area contributed by atoms with E-state index in [4.69, 9.17) is 10.5 Å². The average molecular weight is 516 g/mol. The summed E-state index contributed by atoms with van der Waals surface area (Å²) in [7, 11) is 8.39. The molecule has 1 aromatic rings. The van der Waals surface area contributed by atoms with Gasteiger partial charge in [0.1, 0.15) is 28.6 Å². The van der Waals surface area contributed by atoms with Gasteiger partial charge in [0.05, 0.1) is 18.7 Å². The summed E-state index contributed by atoms with van der Waals surface area (Å²) in [4.78, 5) is 42.6. The molecule has 0 fully saturated rings.